The molecule has 0 radical (unpaired) electrons. The molecule has 4 rings (SSSR count). The molecule has 0 aliphatic carbocycles. The number of sulfonamides is 1. The van der Waals surface area contributed by atoms with Gasteiger partial charge in [0.15, 0.2) is 0 Å². The van der Waals surface area contributed by atoms with Gasteiger partial charge in [0.2, 0.25) is 11.8 Å². The summed E-state index contributed by atoms with van der Waals surface area (Å²) in [6.45, 7) is 4.96. The molecule has 2 amide bonds. The van der Waals surface area contributed by atoms with Crippen LogP contribution in [0.15, 0.2) is 108 Å². The van der Waals surface area contributed by atoms with Gasteiger partial charge in [-0.1, -0.05) is 84.8 Å². The van der Waals surface area contributed by atoms with E-state index in [1.807, 2.05) is 51.1 Å². The van der Waals surface area contributed by atoms with Gasteiger partial charge in [-0.2, -0.15) is 0 Å². The highest BCUT2D eigenvalue weighted by Crippen LogP contribution is 2.26. The van der Waals surface area contributed by atoms with Crippen LogP contribution in [0.2, 0.25) is 5.02 Å². The Hall–Kier alpha value is -4.21. The molecule has 0 saturated carbocycles. The number of carbonyl (C=O) groups excluding carboxylic acids is 2. The first-order valence-corrected chi connectivity index (χ1v) is 16.5. The van der Waals surface area contributed by atoms with Gasteiger partial charge in [-0.3, -0.25) is 13.9 Å². The van der Waals surface area contributed by atoms with E-state index in [9.17, 15) is 22.4 Å². The van der Waals surface area contributed by atoms with Gasteiger partial charge >= 0.3 is 0 Å². The summed E-state index contributed by atoms with van der Waals surface area (Å²) in [5.74, 6) is -1.55. The van der Waals surface area contributed by atoms with Crippen LogP contribution in [-0.4, -0.2) is 43.8 Å². The molecule has 0 saturated heterocycles. The van der Waals surface area contributed by atoms with Crippen LogP contribution >= 0.6 is 11.6 Å². The third-order valence-electron chi connectivity index (χ3n) is 7.57. The molecule has 7 nitrogen and oxygen atoms in total. The normalized spacial score (nSPS) is 12.6. The molecule has 0 bridgehead atoms. The lowest BCUT2D eigenvalue weighted by Gasteiger charge is -2.34. The lowest BCUT2D eigenvalue weighted by Crippen LogP contribution is -2.54. The minimum absolute atomic E-state index is 0.0294. The lowest BCUT2D eigenvalue weighted by atomic mass is 10.0. The predicted octanol–water partition coefficient (Wildman–Crippen LogP) is 6.54. The maximum atomic E-state index is 14.5. The zero-order valence-electron chi connectivity index (χ0n) is 25.5. The van der Waals surface area contributed by atoms with Crippen molar-refractivity contribution in [1.29, 1.82) is 0 Å². The topological polar surface area (TPSA) is 86.8 Å². The number of nitrogens with one attached hydrogen (secondary N) is 1. The van der Waals surface area contributed by atoms with Crippen molar-refractivity contribution in [2.75, 3.05) is 10.8 Å². The lowest BCUT2D eigenvalue weighted by molar-refractivity contribution is -0.140. The van der Waals surface area contributed by atoms with E-state index in [1.165, 1.54) is 29.2 Å². The summed E-state index contributed by atoms with van der Waals surface area (Å²) in [4.78, 5) is 29.7. The summed E-state index contributed by atoms with van der Waals surface area (Å²) in [6.07, 6.45) is 0.857. The number of carbonyl (C=O) groups is 2. The van der Waals surface area contributed by atoms with Gasteiger partial charge in [-0.15, -0.1) is 0 Å². The van der Waals surface area contributed by atoms with Crippen LogP contribution in [0.1, 0.15) is 37.0 Å². The van der Waals surface area contributed by atoms with Gasteiger partial charge in [-0.05, 0) is 73.9 Å². The van der Waals surface area contributed by atoms with E-state index < -0.39 is 34.3 Å². The second-order valence-corrected chi connectivity index (χ2v) is 13.2. The Bertz CT molecular complexity index is 1700. The zero-order chi connectivity index (χ0) is 32.6. The van der Waals surface area contributed by atoms with Crippen molar-refractivity contribution in [2.45, 2.75) is 57.1 Å². The number of hydrogen-bond donors (Lipinski definition) is 1. The summed E-state index contributed by atoms with van der Waals surface area (Å²) in [5.41, 5.74) is 2.38. The van der Waals surface area contributed by atoms with Crippen molar-refractivity contribution in [3.05, 3.63) is 131 Å². The van der Waals surface area contributed by atoms with Crippen LogP contribution in [0.4, 0.5) is 10.1 Å². The molecule has 1 N–H and O–H groups in total. The summed E-state index contributed by atoms with van der Waals surface area (Å²) in [7, 11) is -4.28. The minimum Gasteiger partial charge on any atom is -0.352 e. The molecule has 4 aromatic carbocycles. The van der Waals surface area contributed by atoms with Gasteiger partial charge in [0.1, 0.15) is 18.4 Å². The van der Waals surface area contributed by atoms with Crippen LogP contribution in [0.25, 0.3) is 0 Å². The molecule has 2 atom stereocenters. The Labute approximate surface area is 269 Å². The van der Waals surface area contributed by atoms with Gasteiger partial charge in [-0.25, -0.2) is 12.8 Å². The van der Waals surface area contributed by atoms with Gasteiger partial charge < -0.3 is 10.2 Å². The first-order valence-electron chi connectivity index (χ1n) is 14.7. The van der Waals surface area contributed by atoms with Crippen LogP contribution in [0.5, 0.6) is 0 Å². The number of halogens is 2. The molecule has 45 heavy (non-hydrogen) atoms. The maximum absolute atomic E-state index is 14.5. The second-order valence-electron chi connectivity index (χ2n) is 10.9. The van der Waals surface area contributed by atoms with E-state index in [2.05, 4.69) is 5.32 Å². The smallest absolute Gasteiger partial charge is 0.264 e. The fourth-order valence-electron chi connectivity index (χ4n) is 4.78. The molecule has 0 aliphatic rings. The Morgan fingerprint density at radius 3 is 2.13 bits per heavy atom. The molecular weight excluding hydrogens is 613 g/mol. The van der Waals surface area contributed by atoms with Crippen molar-refractivity contribution in [3.63, 3.8) is 0 Å². The summed E-state index contributed by atoms with van der Waals surface area (Å²) in [6, 6.07) is 26.3. The monoisotopic (exact) mass is 649 g/mol. The van der Waals surface area contributed by atoms with E-state index >= 15 is 0 Å². The molecule has 236 valence electrons. The molecule has 10 heteroatoms. The summed E-state index contributed by atoms with van der Waals surface area (Å²) < 4.78 is 42.9. The van der Waals surface area contributed by atoms with Crippen molar-refractivity contribution in [3.8, 4) is 0 Å². The first kappa shape index (κ1) is 33.7. The van der Waals surface area contributed by atoms with Gasteiger partial charge in [0.25, 0.3) is 10.0 Å². The number of benzene rings is 4. The third-order valence-corrected chi connectivity index (χ3v) is 9.73. The maximum Gasteiger partial charge on any atom is 0.264 e. The molecule has 2 unspecified atom stereocenters. The summed E-state index contributed by atoms with van der Waals surface area (Å²) in [5, 5.41) is 3.40. The number of anilines is 1. The Kier molecular flexibility index (Phi) is 11.4. The standard InChI is InChI=1S/C35H37ClFN3O4S/c1-4-26(3)38-35(42)33(22-27-10-6-5-7-11-27)39(23-28-12-8-9-13-32(28)36)34(41)24-40(30-18-16-29(37)17-19-30)45(43,44)31-20-14-25(2)15-21-31/h5-21,26,33H,4,22-24H2,1-3H3,(H,38,42). The molecule has 0 aromatic heterocycles. The van der Waals surface area contributed by atoms with E-state index in [1.54, 1.807) is 36.4 Å². The third kappa shape index (κ3) is 8.71. The molecule has 4 aromatic rings. The van der Waals surface area contributed by atoms with Gasteiger partial charge in [0.05, 0.1) is 10.6 Å². The molecular formula is C35H37ClFN3O4S. The highest BCUT2D eigenvalue weighted by Gasteiger charge is 2.35. The molecule has 0 heterocycles. The fourth-order valence-corrected chi connectivity index (χ4v) is 6.39. The second kappa shape index (κ2) is 15.2. The van der Waals surface area contributed by atoms with Crippen LogP contribution in [0.3, 0.4) is 0 Å². The first-order chi connectivity index (χ1) is 21.5. The van der Waals surface area contributed by atoms with Crippen molar-refractivity contribution >= 4 is 39.1 Å². The Morgan fingerprint density at radius 1 is 0.889 bits per heavy atom. The Morgan fingerprint density at radius 2 is 1.51 bits per heavy atom. The van der Waals surface area contributed by atoms with E-state index in [4.69, 9.17) is 11.6 Å². The number of rotatable bonds is 13. The quantitative estimate of drug-likeness (QED) is 0.178. The highest BCUT2D eigenvalue weighted by molar-refractivity contribution is 7.92. The molecule has 0 spiro atoms. The van der Waals surface area contributed by atoms with E-state index in [0.717, 1.165) is 27.6 Å². The van der Waals surface area contributed by atoms with E-state index in [0.29, 0.717) is 17.0 Å². The van der Waals surface area contributed by atoms with Crippen LogP contribution < -0.4 is 9.62 Å². The highest BCUT2D eigenvalue weighted by atomic mass is 35.5. The fraction of sp³-hybridized carbons (Fsp3) is 0.257. The van der Waals surface area contributed by atoms with Gasteiger partial charge in [0, 0.05) is 24.0 Å². The van der Waals surface area contributed by atoms with E-state index in [-0.39, 0.29) is 35.5 Å². The van der Waals surface area contributed by atoms with Crippen molar-refractivity contribution in [1.82, 2.24) is 10.2 Å². The van der Waals surface area contributed by atoms with Crippen molar-refractivity contribution in [2.24, 2.45) is 0 Å². The van der Waals surface area contributed by atoms with Crippen molar-refractivity contribution < 1.29 is 22.4 Å². The van der Waals surface area contributed by atoms with Crippen LogP contribution in [0, 0.1) is 12.7 Å². The predicted molar refractivity (Wildman–Crippen MR) is 176 cm³/mol. The molecule has 0 fully saturated rings. The number of amides is 2. The number of hydrogen-bond acceptors (Lipinski definition) is 4. The minimum atomic E-state index is -4.28. The van der Waals surface area contributed by atoms with Crippen LogP contribution in [-0.2, 0) is 32.6 Å². The Balaban J connectivity index is 1.81. The molecule has 0 aliphatic heterocycles. The average molecular weight is 650 g/mol. The average Bonchev–Trinajstić information content (AvgIpc) is 3.03. The number of aryl methyl sites for hydroxylation is 1. The zero-order valence-corrected chi connectivity index (χ0v) is 27.1. The summed E-state index contributed by atoms with van der Waals surface area (Å²) >= 11 is 6.53. The number of nitrogens with zero attached hydrogens (tertiary/aromatic N) is 2. The SMILES string of the molecule is CCC(C)NC(=O)C(Cc1ccccc1)N(Cc1ccccc1Cl)C(=O)CN(c1ccc(F)cc1)S(=O)(=O)c1ccc(C)cc1. The largest absolute Gasteiger partial charge is 0.352 e.